The van der Waals surface area contributed by atoms with E-state index in [1.54, 1.807) is 18.3 Å². The molecule has 1 aromatic rings. The molecular formula is C10H12ClNO2S. The zero-order chi connectivity index (χ0) is 11.3. The molecule has 0 saturated heterocycles. The van der Waals surface area contributed by atoms with E-state index in [0.29, 0.717) is 5.02 Å². The predicted molar refractivity (Wildman–Crippen MR) is 61.4 cm³/mol. The summed E-state index contributed by atoms with van der Waals surface area (Å²) >= 11 is 7.18. The fourth-order valence-electron chi connectivity index (χ4n) is 1.07. The fraction of sp³-hybridized carbons (Fsp3) is 0.400. The van der Waals surface area contributed by atoms with Crippen LogP contribution >= 0.6 is 23.4 Å². The normalized spacial score (nSPS) is 12.4. The number of hydrogen-bond donors (Lipinski definition) is 1. The largest absolute Gasteiger partial charge is 0.481 e. The highest BCUT2D eigenvalue weighted by atomic mass is 35.5. The van der Waals surface area contributed by atoms with Crippen LogP contribution in [0.15, 0.2) is 23.4 Å². The molecule has 1 heterocycles. The average Bonchev–Trinajstić information content (AvgIpc) is 2.19. The van der Waals surface area contributed by atoms with Gasteiger partial charge in [-0.05, 0) is 18.6 Å². The molecule has 15 heavy (non-hydrogen) atoms. The highest BCUT2D eigenvalue weighted by Crippen LogP contribution is 2.26. The van der Waals surface area contributed by atoms with E-state index in [4.69, 9.17) is 16.7 Å². The lowest BCUT2D eigenvalue weighted by Gasteiger charge is -2.10. The molecule has 1 aromatic heterocycles. The zero-order valence-corrected chi connectivity index (χ0v) is 9.88. The molecule has 0 amide bonds. The first-order chi connectivity index (χ1) is 7.11. The number of pyridine rings is 1. The molecule has 1 N–H and O–H groups in total. The average molecular weight is 246 g/mol. The summed E-state index contributed by atoms with van der Waals surface area (Å²) < 4.78 is 0. The van der Waals surface area contributed by atoms with Gasteiger partial charge in [-0.25, -0.2) is 4.98 Å². The number of halogens is 1. The molecule has 82 valence electrons. The summed E-state index contributed by atoms with van der Waals surface area (Å²) in [5.74, 6) is -0.775. The maximum Gasteiger partial charge on any atom is 0.304 e. The maximum atomic E-state index is 10.6. The van der Waals surface area contributed by atoms with Gasteiger partial charge in [-0.1, -0.05) is 18.5 Å². The number of carboxylic acids is 1. The first-order valence-electron chi connectivity index (χ1n) is 4.61. The van der Waals surface area contributed by atoms with E-state index >= 15 is 0 Å². The Kier molecular flexibility index (Phi) is 4.91. The van der Waals surface area contributed by atoms with Crippen LogP contribution in [0.2, 0.25) is 5.02 Å². The van der Waals surface area contributed by atoms with Crippen LogP contribution < -0.4 is 0 Å². The lowest BCUT2D eigenvalue weighted by molar-refractivity contribution is -0.136. The second-order valence-corrected chi connectivity index (χ2v) is 4.82. The Labute approximate surface area is 97.9 Å². The van der Waals surface area contributed by atoms with Gasteiger partial charge in [0.2, 0.25) is 0 Å². The number of carbonyl (C=O) groups is 1. The van der Waals surface area contributed by atoms with Gasteiger partial charge >= 0.3 is 5.97 Å². The van der Waals surface area contributed by atoms with Crippen LogP contribution in [0.25, 0.3) is 0 Å². The quantitative estimate of drug-likeness (QED) is 0.810. The number of aromatic nitrogens is 1. The van der Waals surface area contributed by atoms with E-state index in [9.17, 15) is 4.79 Å². The first-order valence-corrected chi connectivity index (χ1v) is 5.87. The molecule has 0 saturated carbocycles. The SMILES string of the molecule is CCC(CC(=O)O)Sc1ccc(Cl)cn1. The molecule has 0 radical (unpaired) electrons. The number of nitrogens with zero attached hydrogens (tertiary/aromatic N) is 1. The number of thioether (sulfide) groups is 1. The molecule has 5 heteroatoms. The van der Waals surface area contributed by atoms with Gasteiger partial charge in [0.15, 0.2) is 0 Å². The van der Waals surface area contributed by atoms with Crippen molar-refractivity contribution in [1.29, 1.82) is 0 Å². The lowest BCUT2D eigenvalue weighted by atomic mass is 10.2. The van der Waals surface area contributed by atoms with Gasteiger partial charge in [0.25, 0.3) is 0 Å². The first kappa shape index (κ1) is 12.3. The van der Waals surface area contributed by atoms with Crippen LogP contribution in [-0.4, -0.2) is 21.3 Å². The smallest absolute Gasteiger partial charge is 0.304 e. The van der Waals surface area contributed by atoms with Crippen LogP contribution in [0.4, 0.5) is 0 Å². The Balaban J connectivity index is 2.58. The summed E-state index contributed by atoms with van der Waals surface area (Å²) in [6, 6.07) is 3.56. The van der Waals surface area contributed by atoms with Gasteiger partial charge in [0.05, 0.1) is 16.5 Å². The minimum Gasteiger partial charge on any atom is -0.481 e. The van der Waals surface area contributed by atoms with Crippen LogP contribution in [0, 0.1) is 0 Å². The zero-order valence-electron chi connectivity index (χ0n) is 8.31. The Hall–Kier alpha value is -0.740. The summed E-state index contributed by atoms with van der Waals surface area (Å²) in [6.45, 7) is 1.97. The monoisotopic (exact) mass is 245 g/mol. The number of hydrogen-bond acceptors (Lipinski definition) is 3. The molecule has 0 aromatic carbocycles. The van der Waals surface area contributed by atoms with E-state index < -0.39 is 5.97 Å². The summed E-state index contributed by atoms with van der Waals surface area (Å²) in [4.78, 5) is 14.7. The molecule has 1 unspecified atom stereocenters. The molecule has 1 rings (SSSR count). The fourth-order valence-corrected chi connectivity index (χ4v) is 2.17. The van der Waals surface area contributed by atoms with Gasteiger partial charge in [0, 0.05) is 11.4 Å². The summed E-state index contributed by atoms with van der Waals surface area (Å²) in [5.41, 5.74) is 0. The van der Waals surface area contributed by atoms with Crippen molar-refractivity contribution in [2.45, 2.75) is 30.0 Å². The minimum atomic E-state index is -0.775. The molecule has 0 fully saturated rings. The van der Waals surface area contributed by atoms with E-state index in [2.05, 4.69) is 4.98 Å². The third-order valence-corrected chi connectivity index (χ3v) is 3.39. The summed E-state index contributed by atoms with van der Waals surface area (Å²) in [5, 5.41) is 10.1. The van der Waals surface area contributed by atoms with Gasteiger partial charge in [-0.2, -0.15) is 0 Å². The third kappa shape index (κ3) is 4.53. The molecule has 0 spiro atoms. The van der Waals surface area contributed by atoms with Crippen molar-refractivity contribution in [3.8, 4) is 0 Å². The lowest BCUT2D eigenvalue weighted by Crippen LogP contribution is -2.08. The van der Waals surface area contributed by atoms with Crippen molar-refractivity contribution >= 4 is 29.3 Å². The van der Waals surface area contributed by atoms with E-state index in [0.717, 1.165) is 11.4 Å². The number of aliphatic carboxylic acids is 1. The van der Waals surface area contributed by atoms with Gasteiger partial charge in [0.1, 0.15) is 0 Å². The topological polar surface area (TPSA) is 50.2 Å². The van der Waals surface area contributed by atoms with Gasteiger partial charge in [-0.15, -0.1) is 11.8 Å². The second-order valence-electron chi connectivity index (χ2n) is 3.06. The van der Waals surface area contributed by atoms with Gasteiger partial charge < -0.3 is 5.11 Å². The standard InChI is InChI=1S/C10H12ClNO2S/c1-2-8(5-10(13)14)15-9-4-3-7(11)6-12-9/h3-4,6,8H,2,5H2,1H3,(H,13,14). The molecular weight excluding hydrogens is 234 g/mol. The predicted octanol–water partition coefficient (Wildman–Crippen LogP) is 3.08. The molecule has 0 aliphatic heterocycles. The Morgan fingerprint density at radius 1 is 1.67 bits per heavy atom. The minimum absolute atomic E-state index is 0.0659. The Morgan fingerprint density at radius 3 is 2.87 bits per heavy atom. The second kappa shape index (κ2) is 5.98. The summed E-state index contributed by atoms with van der Waals surface area (Å²) in [7, 11) is 0. The van der Waals surface area contributed by atoms with E-state index in [1.165, 1.54) is 11.8 Å². The van der Waals surface area contributed by atoms with Crippen LogP contribution in [0.3, 0.4) is 0 Å². The number of rotatable bonds is 5. The number of carboxylic acid groups (broad SMARTS) is 1. The molecule has 0 aliphatic carbocycles. The summed E-state index contributed by atoms with van der Waals surface area (Å²) in [6.07, 6.45) is 2.53. The highest BCUT2D eigenvalue weighted by molar-refractivity contribution is 7.99. The van der Waals surface area contributed by atoms with Crippen molar-refractivity contribution in [2.24, 2.45) is 0 Å². The molecule has 3 nitrogen and oxygen atoms in total. The van der Waals surface area contributed by atoms with Crippen molar-refractivity contribution in [2.75, 3.05) is 0 Å². The van der Waals surface area contributed by atoms with Crippen molar-refractivity contribution < 1.29 is 9.90 Å². The Bertz CT molecular complexity index is 329. The van der Waals surface area contributed by atoms with Crippen LogP contribution in [-0.2, 0) is 4.79 Å². The molecule has 0 aliphatic rings. The van der Waals surface area contributed by atoms with Crippen LogP contribution in [0.1, 0.15) is 19.8 Å². The molecule has 1 atom stereocenters. The van der Waals surface area contributed by atoms with E-state index in [1.807, 2.05) is 6.92 Å². The maximum absolute atomic E-state index is 10.6. The molecule has 0 bridgehead atoms. The van der Waals surface area contributed by atoms with Crippen molar-refractivity contribution in [1.82, 2.24) is 4.98 Å². The highest BCUT2D eigenvalue weighted by Gasteiger charge is 2.13. The third-order valence-electron chi connectivity index (χ3n) is 1.85. The Morgan fingerprint density at radius 2 is 2.40 bits per heavy atom. The van der Waals surface area contributed by atoms with Crippen molar-refractivity contribution in [3.05, 3.63) is 23.4 Å². The van der Waals surface area contributed by atoms with Crippen LogP contribution in [0.5, 0.6) is 0 Å². The van der Waals surface area contributed by atoms with E-state index in [-0.39, 0.29) is 11.7 Å². The van der Waals surface area contributed by atoms with Crippen molar-refractivity contribution in [3.63, 3.8) is 0 Å². The van der Waals surface area contributed by atoms with Gasteiger partial charge in [-0.3, -0.25) is 4.79 Å².